The average molecular weight is 940 g/mol. The first kappa shape index (κ1) is 45.4. The lowest BCUT2D eigenvalue weighted by molar-refractivity contribution is -0.384. The largest absolute Gasteiger partial charge is 0.476 e. The number of fused-ring (bicyclic) bond motifs is 2. The topological polar surface area (TPSA) is 185 Å². The van der Waals surface area contributed by atoms with Crippen LogP contribution in [0.4, 0.5) is 28.4 Å². The summed E-state index contributed by atoms with van der Waals surface area (Å²) >= 11 is 6.27. The minimum atomic E-state index is -4.60. The van der Waals surface area contributed by atoms with Gasteiger partial charge in [0.1, 0.15) is 17.0 Å². The highest BCUT2D eigenvalue weighted by Gasteiger charge is 2.32. The number of aromatic nitrogens is 2. The first-order valence-electron chi connectivity index (χ1n) is 22.6. The Morgan fingerprint density at radius 3 is 2.56 bits per heavy atom. The number of anilines is 4. The Labute approximate surface area is 389 Å². The Morgan fingerprint density at radius 2 is 1.79 bits per heavy atom. The molecular weight excluding hydrogens is 884 g/mol. The number of pyridine rings is 1. The van der Waals surface area contributed by atoms with E-state index < -0.39 is 31.4 Å². The van der Waals surface area contributed by atoms with Gasteiger partial charge in [0, 0.05) is 74.2 Å². The minimum absolute atomic E-state index is 0.103. The fourth-order valence-electron chi connectivity index (χ4n) is 9.29. The van der Waals surface area contributed by atoms with Gasteiger partial charge in [-0.05, 0) is 103 Å². The van der Waals surface area contributed by atoms with Crippen molar-refractivity contribution in [1.82, 2.24) is 19.6 Å². The number of hydrogen-bond acceptors (Lipinski definition) is 13. The summed E-state index contributed by atoms with van der Waals surface area (Å²) in [6, 6.07) is 21.0. The molecule has 1 unspecified atom stereocenters. The van der Waals surface area contributed by atoms with Gasteiger partial charge in [-0.2, -0.15) is 4.98 Å². The smallest absolute Gasteiger partial charge is 0.293 e. The average Bonchev–Trinajstić information content (AvgIpc) is 3.77. The molecule has 2 fully saturated rings. The number of H-pyrrole nitrogens is 1. The number of nitrogens with one attached hydrogen (secondary N) is 3. The van der Waals surface area contributed by atoms with Crippen molar-refractivity contribution in [2.75, 3.05) is 87.4 Å². The van der Waals surface area contributed by atoms with E-state index in [1.54, 1.807) is 12.3 Å². The standard InChI is InChI=1S/C48H55ClN8O8S/c1-48(2)15-13-34(40(28-48)32-5-7-35(49)8-6-32)30-54-18-20-55(21-19-54)36-9-11-39(42(26-36)56-17-3-4-22-65-47-44(56)25-33-14-16-50-45(33)52-47)46(58)53-66(61,62)38-10-12-41(43(27-38)57(59)60)51-29-37-31-63-23-24-64-37/h5-12,14,16,25-27,37,51H,3-4,13,15,17-24,28-31H2,1-2H3,(H,50,52)(H,53,58). The molecule has 18 heteroatoms. The van der Waals surface area contributed by atoms with Crippen LogP contribution in [0.15, 0.2) is 89.5 Å². The Kier molecular flexibility index (Phi) is 13.3. The molecule has 2 aromatic heterocycles. The lowest BCUT2D eigenvalue weighted by atomic mass is 9.72. The molecule has 66 heavy (non-hydrogen) atoms. The van der Waals surface area contributed by atoms with E-state index in [4.69, 9.17) is 30.8 Å². The van der Waals surface area contributed by atoms with Crippen LogP contribution in [0.3, 0.4) is 0 Å². The fourth-order valence-corrected chi connectivity index (χ4v) is 10.4. The normalized spacial score (nSPS) is 19.4. The van der Waals surface area contributed by atoms with Gasteiger partial charge in [-0.25, -0.2) is 13.1 Å². The van der Waals surface area contributed by atoms with E-state index in [2.05, 4.69) is 50.8 Å². The Balaban J connectivity index is 0.996. The summed E-state index contributed by atoms with van der Waals surface area (Å²) in [6.07, 6.45) is 6.13. The number of nitrogens with zero attached hydrogens (tertiary/aromatic N) is 5. The van der Waals surface area contributed by atoms with Crippen molar-refractivity contribution in [3.8, 4) is 5.88 Å². The molecule has 16 nitrogen and oxygen atoms in total. The summed E-state index contributed by atoms with van der Waals surface area (Å²) in [5, 5.41) is 16.7. The molecule has 1 amide bonds. The number of amides is 1. The zero-order valence-corrected chi connectivity index (χ0v) is 38.8. The van der Waals surface area contributed by atoms with Crippen LogP contribution in [0.25, 0.3) is 16.6 Å². The third kappa shape index (κ3) is 10.1. The predicted octanol–water partition coefficient (Wildman–Crippen LogP) is 8.17. The first-order valence-corrected chi connectivity index (χ1v) is 24.4. The van der Waals surface area contributed by atoms with Crippen molar-refractivity contribution in [3.63, 3.8) is 0 Å². The number of sulfonamides is 1. The Morgan fingerprint density at radius 1 is 0.970 bits per heavy atom. The number of benzene rings is 3. The van der Waals surface area contributed by atoms with Gasteiger partial charge in [-0.15, -0.1) is 0 Å². The number of allylic oxidation sites excluding steroid dienone is 1. The number of aromatic amines is 1. The van der Waals surface area contributed by atoms with Crippen LogP contribution in [0.5, 0.6) is 5.88 Å². The van der Waals surface area contributed by atoms with Crippen molar-refractivity contribution in [2.24, 2.45) is 5.41 Å². The molecule has 9 rings (SSSR count). The fraction of sp³-hybridized carbons (Fsp3) is 0.417. The zero-order valence-electron chi connectivity index (χ0n) is 37.2. The van der Waals surface area contributed by atoms with Crippen molar-refractivity contribution in [1.29, 1.82) is 0 Å². The number of nitro benzene ring substituents is 1. The molecule has 3 aromatic carbocycles. The number of carbonyl (C=O) groups is 1. The van der Waals surface area contributed by atoms with Crippen molar-refractivity contribution < 1.29 is 32.3 Å². The van der Waals surface area contributed by atoms with Gasteiger partial charge >= 0.3 is 0 Å². The summed E-state index contributed by atoms with van der Waals surface area (Å²) in [7, 11) is -4.60. The van der Waals surface area contributed by atoms with Crippen LogP contribution in [0.1, 0.15) is 61.9 Å². The Hall–Kier alpha value is -5.72. The molecule has 2 saturated heterocycles. The summed E-state index contributed by atoms with van der Waals surface area (Å²) in [4.78, 5) is 40.3. The van der Waals surface area contributed by atoms with Crippen LogP contribution in [-0.4, -0.2) is 112 Å². The number of ether oxygens (including phenoxy) is 3. The second-order valence-corrected chi connectivity index (χ2v) is 20.3. The highest BCUT2D eigenvalue weighted by Crippen LogP contribution is 2.44. The maximum absolute atomic E-state index is 14.4. The number of piperazine rings is 1. The lowest BCUT2D eigenvalue weighted by Crippen LogP contribution is -2.47. The second kappa shape index (κ2) is 19.2. The maximum Gasteiger partial charge on any atom is 0.293 e. The highest BCUT2D eigenvalue weighted by atomic mass is 35.5. The summed E-state index contributed by atoms with van der Waals surface area (Å²) in [6.45, 7) is 11.1. The molecule has 3 N–H and O–H groups in total. The third-order valence-electron chi connectivity index (χ3n) is 12.9. The van der Waals surface area contributed by atoms with E-state index in [9.17, 15) is 23.3 Å². The third-order valence-corrected chi connectivity index (χ3v) is 14.5. The summed E-state index contributed by atoms with van der Waals surface area (Å²) in [5.41, 5.74) is 6.76. The van der Waals surface area contributed by atoms with Crippen LogP contribution in [0.2, 0.25) is 5.02 Å². The highest BCUT2D eigenvalue weighted by molar-refractivity contribution is 7.90. The van der Waals surface area contributed by atoms with E-state index in [1.807, 2.05) is 41.3 Å². The van der Waals surface area contributed by atoms with Crippen LogP contribution in [-0.2, 0) is 19.5 Å². The Bertz CT molecular complexity index is 2750. The van der Waals surface area contributed by atoms with E-state index in [0.717, 1.165) is 87.0 Å². The van der Waals surface area contributed by atoms with Crippen molar-refractivity contribution >= 4 is 72.6 Å². The number of hydrogen-bond donors (Lipinski definition) is 3. The van der Waals surface area contributed by atoms with Gasteiger partial charge in [0.15, 0.2) is 0 Å². The van der Waals surface area contributed by atoms with Crippen molar-refractivity contribution in [2.45, 2.75) is 57.0 Å². The first-order chi connectivity index (χ1) is 31.8. The zero-order chi connectivity index (χ0) is 46.0. The molecular formula is C48H55ClN8O8S. The molecule has 1 atom stereocenters. The van der Waals surface area contributed by atoms with E-state index in [-0.39, 0.29) is 29.3 Å². The second-order valence-electron chi connectivity index (χ2n) is 18.1. The van der Waals surface area contributed by atoms with Crippen LogP contribution in [0, 0.1) is 15.5 Å². The van der Waals surface area contributed by atoms with Crippen LogP contribution < -0.4 is 24.6 Å². The number of rotatable bonds is 12. The maximum atomic E-state index is 14.4. The van der Waals surface area contributed by atoms with E-state index >= 15 is 0 Å². The molecule has 0 radical (unpaired) electrons. The SMILES string of the molecule is CC1(C)CCC(CN2CCN(c3ccc(C(=O)NS(=O)(=O)c4ccc(NCC5COCCO5)c([N+](=O)[O-])c4)c(N4CCCCOc5nc6[nH]ccc6cc54)c3)CC2)=C(c2ccc(Cl)cc2)C1. The predicted molar refractivity (Wildman–Crippen MR) is 256 cm³/mol. The number of carbonyl (C=O) groups excluding carboxylic acids is 1. The summed E-state index contributed by atoms with van der Waals surface area (Å²) < 4.78 is 47.4. The minimum Gasteiger partial charge on any atom is -0.476 e. The van der Waals surface area contributed by atoms with Gasteiger partial charge in [-0.1, -0.05) is 43.2 Å². The van der Waals surface area contributed by atoms with Gasteiger partial charge in [0.05, 0.1) is 53.6 Å². The van der Waals surface area contributed by atoms with Gasteiger partial charge < -0.3 is 34.3 Å². The molecule has 5 heterocycles. The molecule has 1 aliphatic carbocycles. The molecule has 0 saturated carbocycles. The summed E-state index contributed by atoms with van der Waals surface area (Å²) in [5.74, 6) is -0.495. The molecule has 5 aromatic rings. The molecule has 3 aliphatic heterocycles. The monoisotopic (exact) mass is 938 g/mol. The van der Waals surface area contributed by atoms with Gasteiger partial charge in [0.2, 0.25) is 5.88 Å². The van der Waals surface area contributed by atoms with Crippen molar-refractivity contribution in [3.05, 3.63) is 111 Å². The lowest BCUT2D eigenvalue weighted by Gasteiger charge is -2.39. The van der Waals surface area contributed by atoms with Crippen LogP contribution >= 0.6 is 11.6 Å². The van der Waals surface area contributed by atoms with E-state index in [1.165, 1.54) is 28.8 Å². The number of halogens is 1. The van der Waals surface area contributed by atoms with Gasteiger partial charge in [-0.3, -0.25) is 19.8 Å². The number of nitro groups is 1. The molecule has 348 valence electrons. The molecule has 4 aliphatic rings. The van der Waals surface area contributed by atoms with E-state index in [0.29, 0.717) is 55.9 Å². The van der Waals surface area contributed by atoms with Gasteiger partial charge in [0.25, 0.3) is 21.6 Å². The molecule has 0 spiro atoms. The molecule has 0 bridgehead atoms. The quantitative estimate of drug-likeness (QED) is 0.0805.